The van der Waals surface area contributed by atoms with Crippen LogP contribution in [-0.2, 0) is 4.74 Å². The number of ether oxygens (including phenoxy) is 1. The zero-order chi connectivity index (χ0) is 14.1. The largest absolute Gasteiger partial charge is 0.373 e. The van der Waals surface area contributed by atoms with E-state index in [9.17, 15) is 0 Å². The van der Waals surface area contributed by atoms with E-state index in [0.29, 0.717) is 5.92 Å². The van der Waals surface area contributed by atoms with Crippen molar-refractivity contribution in [3.05, 3.63) is 42.2 Å². The molecule has 1 saturated heterocycles. The smallest absolute Gasteiger partial charge is 0.0886 e. The van der Waals surface area contributed by atoms with E-state index in [-0.39, 0.29) is 6.10 Å². The van der Waals surface area contributed by atoms with Crippen LogP contribution in [-0.4, -0.2) is 24.2 Å². The van der Waals surface area contributed by atoms with Gasteiger partial charge in [-0.2, -0.15) is 0 Å². The summed E-state index contributed by atoms with van der Waals surface area (Å²) in [6, 6.07) is 9.26. The molecule has 2 heterocycles. The predicted molar refractivity (Wildman–Crippen MR) is 84.2 cm³/mol. The highest BCUT2D eigenvalue weighted by atomic mass is 16.5. The van der Waals surface area contributed by atoms with E-state index in [1.54, 1.807) is 0 Å². The van der Waals surface area contributed by atoms with Crippen LogP contribution in [0.4, 0.5) is 0 Å². The van der Waals surface area contributed by atoms with E-state index in [2.05, 4.69) is 34.6 Å². The SMILES string of the molecule is c1ccc2c(C3OCCCC3CNC3CC3)cncc2c1. The lowest BCUT2D eigenvalue weighted by Gasteiger charge is -2.32. The maximum atomic E-state index is 6.16. The van der Waals surface area contributed by atoms with Crippen molar-refractivity contribution < 1.29 is 4.74 Å². The average Bonchev–Trinajstić information content (AvgIpc) is 3.37. The van der Waals surface area contributed by atoms with Crippen molar-refractivity contribution in [2.45, 2.75) is 37.8 Å². The molecule has 3 nitrogen and oxygen atoms in total. The molecule has 3 heteroatoms. The highest BCUT2D eigenvalue weighted by Gasteiger charge is 2.30. The lowest BCUT2D eigenvalue weighted by Crippen LogP contribution is -2.33. The fourth-order valence-corrected chi connectivity index (χ4v) is 3.37. The number of hydrogen-bond acceptors (Lipinski definition) is 3. The van der Waals surface area contributed by atoms with Crippen molar-refractivity contribution in [2.24, 2.45) is 5.92 Å². The Bertz CT molecular complexity index is 618. The molecule has 0 bridgehead atoms. The summed E-state index contributed by atoms with van der Waals surface area (Å²) in [6.07, 6.45) is 9.23. The van der Waals surface area contributed by atoms with Gasteiger partial charge < -0.3 is 10.1 Å². The summed E-state index contributed by atoms with van der Waals surface area (Å²) in [4.78, 5) is 4.43. The Morgan fingerprint density at radius 3 is 2.95 bits per heavy atom. The molecule has 0 radical (unpaired) electrons. The second-order valence-electron chi connectivity index (χ2n) is 6.33. The fraction of sp³-hybridized carbons (Fsp3) is 0.500. The van der Waals surface area contributed by atoms with Crippen molar-refractivity contribution in [3.8, 4) is 0 Å². The van der Waals surface area contributed by atoms with Gasteiger partial charge in [-0.15, -0.1) is 0 Å². The van der Waals surface area contributed by atoms with Crippen LogP contribution in [0.2, 0.25) is 0 Å². The maximum Gasteiger partial charge on any atom is 0.0886 e. The molecule has 1 N–H and O–H groups in total. The zero-order valence-electron chi connectivity index (χ0n) is 12.3. The average molecular weight is 282 g/mol. The molecule has 1 aromatic carbocycles. The molecule has 2 atom stereocenters. The van der Waals surface area contributed by atoms with E-state index in [1.807, 2.05) is 12.4 Å². The number of nitrogens with zero attached hydrogens (tertiary/aromatic N) is 1. The molecular weight excluding hydrogens is 260 g/mol. The summed E-state index contributed by atoms with van der Waals surface area (Å²) in [5.74, 6) is 0.562. The van der Waals surface area contributed by atoms with Crippen molar-refractivity contribution in [2.75, 3.05) is 13.2 Å². The summed E-state index contributed by atoms with van der Waals surface area (Å²) in [6.45, 7) is 1.94. The fourth-order valence-electron chi connectivity index (χ4n) is 3.37. The topological polar surface area (TPSA) is 34.1 Å². The number of nitrogens with one attached hydrogen (secondary N) is 1. The number of rotatable bonds is 4. The number of aromatic nitrogens is 1. The van der Waals surface area contributed by atoms with Crippen LogP contribution in [0.25, 0.3) is 10.8 Å². The van der Waals surface area contributed by atoms with Gasteiger partial charge in [0.05, 0.1) is 6.10 Å². The third kappa shape index (κ3) is 2.81. The molecule has 2 aromatic rings. The van der Waals surface area contributed by atoms with E-state index in [0.717, 1.165) is 19.2 Å². The Hall–Kier alpha value is -1.45. The van der Waals surface area contributed by atoms with Crippen LogP contribution < -0.4 is 5.32 Å². The third-order valence-corrected chi connectivity index (χ3v) is 4.70. The van der Waals surface area contributed by atoms with E-state index in [1.165, 1.54) is 42.0 Å². The number of benzene rings is 1. The predicted octanol–water partition coefficient (Wildman–Crippen LogP) is 3.45. The molecule has 2 unspecified atom stereocenters. The first-order valence-electron chi connectivity index (χ1n) is 8.09. The normalized spacial score (nSPS) is 26.1. The minimum Gasteiger partial charge on any atom is -0.373 e. The lowest BCUT2D eigenvalue weighted by molar-refractivity contribution is -0.0271. The minimum absolute atomic E-state index is 0.184. The van der Waals surface area contributed by atoms with Crippen molar-refractivity contribution in [3.63, 3.8) is 0 Å². The quantitative estimate of drug-likeness (QED) is 0.932. The van der Waals surface area contributed by atoms with Gasteiger partial charge in [0, 0.05) is 48.5 Å². The van der Waals surface area contributed by atoms with Crippen LogP contribution in [0, 0.1) is 5.92 Å². The van der Waals surface area contributed by atoms with Gasteiger partial charge in [-0.3, -0.25) is 4.98 Å². The van der Waals surface area contributed by atoms with Crippen LogP contribution in [0.15, 0.2) is 36.7 Å². The maximum absolute atomic E-state index is 6.16. The minimum atomic E-state index is 0.184. The van der Waals surface area contributed by atoms with Gasteiger partial charge in [0.2, 0.25) is 0 Å². The lowest BCUT2D eigenvalue weighted by atomic mass is 9.88. The van der Waals surface area contributed by atoms with Crippen molar-refractivity contribution >= 4 is 10.8 Å². The molecule has 110 valence electrons. The first-order chi connectivity index (χ1) is 10.4. The molecule has 21 heavy (non-hydrogen) atoms. The molecule has 1 aliphatic heterocycles. The summed E-state index contributed by atoms with van der Waals surface area (Å²) in [7, 11) is 0. The molecule has 2 aliphatic rings. The summed E-state index contributed by atoms with van der Waals surface area (Å²) in [5, 5.41) is 6.17. The molecule has 0 spiro atoms. The highest BCUT2D eigenvalue weighted by molar-refractivity contribution is 5.85. The Morgan fingerprint density at radius 1 is 1.14 bits per heavy atom. The standard InChI is InChI=1S/C18H22N2O/c1-2-6-16-13(4-1)10-19-12-17(16)18-14(5-3-9-21-18)11-20-15-7-8-15/h1-2,4,6,10,12,14-15,18,20H,3,5,7-9,11H2. The molecular formula is C18H22N2O. The molecule has 2 fully saturated rings. The van der Waals surface area contributed by atoms with Crippen LogP contribution in [0.5, 0.6) is 0 Å². The van der Waals surface area contributed by atoms with Crippen molar-refractivity contribution in [1.29, 1.82) is 0 Å². The molecule has 1 aromatic heterocycles. The van der Waals surface area contributed by atoms with Gasteiger partial charge >= 0.3 is 0 Å². The molecule has 0 amide bonds. The molecule has 1 aliphatic carbocycles. The summed E-state index contributed by atoms with van der Waals surface area (Å²) >= 11 is 0. The van der Waals surface area contributed by atoms with Gasteiger partial charge in [-0.1, -0.05) is 24.3 Å². The monoisotopic (exact) mass is 282 g/mol. The van der Waals surface area contributed by atoms with Crippen LogP contribution >= 0.6 is 0 Å². The Morgan fingerprint density at radius 2 is 2.05 bits per heavy atom. The number of fused-ring (bicyclic) bond motifs is 1. The Kier molecular flexibility index (Phi) is 3.62. The van der Waals surface area contributed by atoms with Crippen LogP contribution in [0.3, 0.4) is 0 Å². The van der Waals surface area contributed by atoms with Crippen LogP contribution in [0.1, 0.15) is 37.4 Å². The second kappa shape index (κ2) is 5.74. The summed E-state index contributed by atoms with van der Waals surface area (Å²) < 4.78 is 6.16. The second-order valence-corrected chi connectivity index (χ2v) is 6.33. The Balaban J connectivity index is 1.63. The Labute approximate surface area is 125 Å². The first kappa shape index (κ1) is 13.2. The van der Waals surface area contributed by atoms with Gasteiger partial charge in [0.15, 0.2) is 0 Å². The van der Waals surface area contributed by atoms with Gasteiger partial charge in [0.25, 0.3) is 0 Å². The van der Waals surface area contributed by atoms with Gasteiger partial charge in [0.1, 0.15) is 0 Å². The zero-order valence-corrected chi connectivity index (χ0v) is 12.3. The summed E-state index contributed by atoms with van der Waals surface area (Å²) in [5.41, 5.74) is 1.26. The van der Waals surface area contributed by atoms with Gasteiger partial charge in [-0.25, -0.2) is 0 Å². The molecule has 4 rings (SSSR count). The highest BCUT2D eigenvalue weighted by Crippen LogP contribution is 2.36. The number of pyridine rings is 1. The molecule has 1 saturated carbocycles. The van der Waals surface area contributed by atoms with E-state index >= 15 is 0 Å². The number of hydrogen-bond donors (Lipinski definition) is 1. The van der Waals surface area contributed by atoms with Gasteiger partial charge in [-0.05, 0) is 31.1 Å². The first-order valence-corrected chi connectivity index (χ1v) is 8.09. The van der Waals surface area contributed by atoms with E-state index < -0.39 is 0 Å². The van der Waals surface area contributed by atoms with E-state index in [4.69, 9.17) is 4.74 Å². The third-order valence-electron chi connectivity index (χ3n) is 4.70. The van der Waals surface area contributed by atoms with Crippen molar-refractivity contribution in [1.82, 2.24) is 10.3 Å².